The molecule has 0 amide bonds. The van der Waals surface area contributed by atoms with Crippen molar-refractivity contribution in [2.24, 2.45) is 0 Å². The number of ether oxygens (including phenoxy) is 1. The normalized spacial score (nSPS) is 12.2. The Hall–Kier alpha value is -1.51. The molecule has 0 saturated heterocycles. The lowest BCUT2D eigenvalue weighted by molar-refractivity contribution is -0.137. The molecule has 0 fully saturated rings. The minimum atomic E-state index is -0.775. The highest BCUT2D eigenvalue weighted by Gasteiger charge is 2.17. The van der Waals surface area contributed by atoms with Crippen molar-refractivity contribution >= 4 is 5.97 Å². The Labute approximate surface area is 109 Å². The van der Waals surface area contributed by atoms with Crippen molar-refractivity contribution in [3.63, 3.8) is 0 Å². The first-order chi connectivity index (χ1) is 8.45. The van der Waals surface area contributed by atoms with E-state index in [0.717, 1.165) is 28.9 Å². The van der Waals surface area contributed by atoms with E-state index in [2.05, 4.69) is 13.0 Å². The lowest BCUT2D eigenvalue weighted by atomic mass is 9.93. The molecule has 100 valence electrons. The molecular formula is C15H22O3. The average molecular weight is 250 g/mol. The maximum absolute atomic E-state index is 10.8. The average Bonchev–Trinajstić information content (AvgIpc) is 2.26. The molecule has 1 atom stereocenters. The number of aryl methyl sites for hydroxylation is 2. The molecule has 1 unspecified atom stereocenters. The van der Waals surface area contributed by atoms with Gasteiger partial charge in [0, 0.05) is 0 Å². The lowest BCUT2D eigenvalue weighted by Gasteiger charge is -2.18. The van der Waals surface area contributed by atoms with Gasteiger partial charge in [0.25, 0.3) is 0 Å². The van der Waals surface area contributed by atoms with Gasteiger partial charge >= 0.3 is 5.97 Å². The number of hydrogen-bond donors (Lipinski definition) is 1. The van der Waals surface area contributed by atoms with E-state index in [4.69, 9.17) is 9.84 Å². The number of carboxylic acid groups (broad SMARTS) is 1. The van der Waals surface area contributed by atoms with Crippen molar-refractivity contribution in [1.82, 2.24) is 0 Å². The summed E-state index contributed by atoms with van der Waals surface area (Å²) in [6.07, 6.45) is 1.07. The molecule has 0 bridgehead atoms. The maximum atomic E-state index is 10.8. The summed E-state index contributed by atoms with van der Waals surface area (Å²) in [5.41, 5.74) is 3.22. The van der Waals surface area contributed by atoms with E-state index in [-0.39, 0.29) is 12.3 Å². The molecule has 18 heavy (non-hydrogen) atoms. The number of rotatable bonds is 6. The standard InChI is InChI=1S/C15H22O3/c1-5-6-18-15-12(4)7-10(2)8-13(15)11(3)9-14(16)17/h7-8,11H,5-6,9H2,1-4H3,(H,16,17). The third kappa shape index (κ3) is 3.76. The summed E-state index contributed by atoms with van der Waals surface area (Å²) in [7, 11) is 0. The molecule has 0 aliphatic heterocycles. The van der Waals surface area contributed by atoms with Crippen molar-refractivity contribution < 1.29 is 14.6 Å². The lowest BCUT2D eigenvalue weighted by Crippen LogP contribution is -2.07. The van der Waals surface area contributed by atoms with Gasteiger partial charge in [-0.2, -0.15) is 0 Å². The highest BCUT2D eigenvalue weighted by atomic mass is 16.5. The fourth-order valence-corrected chi connectivity index (χ4v) is 2.13. The van der Waals surface area contributed by atoms with Crippen LogP contribution in [0.4, 0.5) is 0 Å². The number of benzene rings is 1. The van der Waals surface area contributed by atoms with Gasteiger partial charge in [0.05, 0.1) is 13.0 Å². The van der Waals surface area contributed by atoms with Crippen LogP contribution in [0.15, 0.2) is 12.1 Å². The molecule has 0 aliphatic carbocycles. The number of carboxylic acids is 1. The zero-order valence-corrected chi connectivity index (χ0v) is 11.6. The summed E-state index contributed by atoms with van der Waals surface area (Å²) < 4.78 is 5.78. The van der Waals surface area contributed by atoms with Gasteiger partial charge in [0.2, 0.25) is 0 Å². The summed E-state index contributed by atoms with van der Waals surface area (Å²) in [6, 6.07) is 4.10. The largest absolute Gasteiger partial charge is 0.493 e. The molecule has 0 aromatic heterocycles. The van der Waals surface area contributed by atoms with Crippen LogP contribution in [0.25, 0.3) is 0 Å². The van der Waals surface area contributed by atoms with Crippen LogP contribution in [-0.2, 0) is 4.79 Å². The maximum Gasteiger partial charge on any atom is 0.303 e. The number of carbonyl (C=O) groups is 1. The first-order valence-corrected chi connectivity index (χ1v) is 6.41. The quantitative estimate of drug-likeness (QED) is 0.838. The van der Waals surface area contributed by atoms with Crippen LogP contribution in [0.2, 0.25) is 0 Å². The van der Waals surface area contributed by atoms with Gasteiger partial charge < -0.3 is 9.84 Å². The zero-order chi connectivity index (χ0) is 13.7. The monoisotopic (exact) mass is 250 g/mol. The summed E-state index contributed by atoms with van der Waals surface area (Å²) in [5.74, 6) is 0.0484. The van der Waals surface area contributed by atoms with E-state index < -0.39 is 5.97 Å². The van der Waals surface area contributed by atoms with Gasteiger partial charge in [-0.05, 0) is 37.3 Å². The predicted molar refractivity (Wildman–Crippen MR) is 72.4 cm³/mol. The highest BCUT2D eigenvalue weighted by molar-refractivity contribution is 5.68. The Morgan fingerprint density at radius 1 is 1.39 bits per heavy atom. The Bertz CT molecular complexity index is 424. The van der Waals surface area contributed by atoms with Crippen LogP contribution in [0.1, 0.15) is 49.3 Å². The molecule has 3 nitrogen and oxygen atoms in total. The van der Waals surface area contributed by atoms with Crippen molar-refractivity contribution in [2.45, 2.75) is 46.5 Å². The second-order valence-electron chi connectivity index (χ2n) is 4.85. The van der Waals surface area contributed by atoms with Crippen LogP contribution in [0, 0.1) is 13.8 Å². The zero-order valence-electron chi connectivity index (χ0n) is 11.6. The third-order valence-corrected chi connectivity index (χ3v) is 2.91. The third-order valence-electron chi connectivity index (χ3n) is 2.91. The van der Waals surface area contributed by atoms with E-state index in [1.807, 2.05) is 26.8 Å². The predicted octanol–water partition coefficient (Wildman–Crippen LogP) is 3.67. The van der Waals surface area contributed by atoms with Crippen molar-refractivity contribution in [3.05, 3.63) is 28.8 Å². The van der Waals surface area contributed by atoms with E-state index in [1.54, 1.807) is 0 Å². The van der Waals surface area contributed by atoms with Crippen LogP contribution in [0.5, 0.6) is 5.75 Å². The summed E-state index contributed by atoms with van der Waals surface area (Å²) in [4.78, 5) is 10.8. The summed E-state index contributed by atoms with van der Waals surface area (Å²) >= 11 is 0. The van der Waals surface area contributed by atoms with Gasteiger partial charge in [-0.1, -0.05) is 31.5 Å². The molecule has 1 aromatic carbocycles. The molecule has 0 aliphatic rings. The van der Waals surface area contributed by atoms with Crippen LogP contribution >= 0.6 is 0 Å². The van der Waals surface area contributed by atoms with Gasteiger partial charge in [-0.15, -0.1) is 0 Å². The number of hydrogen-bond acceptors (Lipinski definition) is 2. The molecule has 1 N–H and O–H groups in total. The SMILES string of the molecule is CCCOc1c(C)cc(C)cc1C(C)CC(=O)O. The Morgan fingerprint density at radius 3 is 2.61 bits per heavy atom. The second-order valence-corrected chi connectivity index (χ2v) is 4.85. The molecule has 1 aromatic rings. The molecule has 0 radical (unpaired) electrons. The van der Waals surface area contributed by atoms with Crippen LogP contribution < -0.4 is 4.74 Å². The van der Waals surface area contributed by atoms with Gasteiger partial charge in [0.1, 0.15) is 5.75 Å². The molecule has 1 rings (SSSR count). The van der Waals surface area contributed by atoms with Crippen LogP contribution in [0.3, 0.4) is 0 Å². The smallest absolute Gasteiger partial charge is 0.303 e. The molecule has 0 spiro atoms. The first-order valence-electron chi connectivity index (χ1n) is 6.41. The van der Waals surface area contributed by atoms with E-state index in [9.17, 15) is 4.79 Å². The highest BCUT2D eigenvalue weighted by Crippen LogP contribution is 2.33. The van der Waals surface area contributed by atoms with E-state index >= 15 is 0 Å². The summed E-state index contributed by atoms with van der Waals surface area (Å²) in [6.45, 7) is 8.68. The van der Waals surface area contributed by atoms with Gasteiger partial charge in [0.15, 0.2) is 0 Å². The number of aliphatic carboxylic acids is 1. The fraction of sp³-hybridized carbons (Fsp3) is 0.533. The van der Waals surface area contributed by atoms with E-state index in [1.165, 1.54) is 0 Å². The van der Waals surface area contributed by atoms with Crippen molar-refractivity contribution in [3.8, 4) is 5.75 Å². The van der Waals surface area contributed by atoms with Crippen LogP contribution in [-0.4, -0.2) is 17.7 Å². The Balaban J connectivity index is 3.09. The Morgan fingerprint density at radius 2 is 2.06 bits per heavy atom. The molecule has 0 saturated carbocycles. The minimum absolute atomic E-state index is 0.0343. The molecule has 0 heterocycles. The Kier molecular flexibility index (Phi) is 5.20. The molecular weight excluding hydrogens is 228 g/mol. The summed E-state index contributed by atoms with van der Waals surface area (Å²) in [5, 5.41) is 8.91. The second kappa shape index (κ2) is 6.43. The van der Waals surface area contributed by atoms with Gasteiger partial charge in [-0.25, -0.2) is 0 Å². The molecule has 3 heteroatoms. The van der Waals surface area contributed by atoms with Crippen molar-refractivity contribution in [2.75, 3.05) is 6.61 Å². The van der Waals surface area contributed by atoms with E-state index in [0.29, 0.717) is 6.61 Å². The fourth-order valence-electron chi connectivity index (χ4n) is 2.13. The minimum Gasteiger partial charge on any atom is -0.493 e. The van der Waals surface area contributed by atoms with Gasteiger partial charge in [-0.3, -0.25) is 4.79 Å². The topological polar surface area (TPSA) is 46.5 Å². The first kappa shape index (κ1) is 14.6. The van der Waals surface area contributed by atoms with Crippen molar-refractivity contribution in [1.29, 1.82) is 0 Å².